The Morgan fingerprint density at radius 2 is 1.95 bits per heavy atom. The van der Waals surface area contributed by atoms with Crippen molar-refractivity contribution in [3.63, 3.8) is 0 Å². The number of halogens is 2. The third kappa shape index (κ3) is 3.65. The fourth-order valence-corrected chi connectivity index (χ4v) is 2.94. The van der Waals surface area contributed by atoms with E-state index in [-0.39, 0.29) is 12.0 Å². The summed E-state index contributed by atoms with van der Waals surface area (Å²) >= 11 is 0. The zero-order chi connectivity index (χ0) is 15.4. The van der Waals surface area contributed by atoms with Crippen LogP contribution in [0.5, 0.6) is 5.75 Å². The Bertz CT molecular complexity index is 539. The average Bonchev–Trinajstić information content (AvgIpc) is 2.95. The Labute approximate surface area is 128 Å². The molecule has 0 N–H and O–H groups in total. The van der Waals surface area contributed by atoms with Gasteiger partial charge in [0, 0.05) is 5.92 Å². The summed E-state index contributed by atoms with van der Waals surface area (Å²) in [5.41, 5.74) is 1.11. The van der Waals surface area contributed by atoms with Crippen LogP contribution >= 0.6 is 0 Å². The second kappa shape index (κ2) is 7.20. The number of ether oxygens (including phenoxy) is 3. The molecular weight excluding hydrogens is 290 g/mol. The first-order chi connectivity index (χ1) is 10.7. The first-order valence-electron chi connectivity index (χ1n) is 7.72. The predicted octanol–water partition coefficient (Wildman–Crippen LogP) is 3.83. The van der Waals surface area contributed by atoms with E-state index in [1.54, 1.807) is 0 Å². The standard InChI is InChI=1S/C17H20F2O3/c18-14-5-2-6-15(16(14)19)22-11-12-3-1-4-13(8-7-12)17-20-9-10-21-17/h2-3,5-6,13,17H,1,4,7-11H2. The summed E-state index contributed by atoms with van der Waals surface area (Å²) in [7, 11) is 0. The molecule has 22 heavy (non-hydrogen) atoms. The van der Waals surface area contributed by atoms with Crippen molar-refractivity contribution in [2.24, 2.45) is 5.92 Å². The Morgan fingerprint density at radius 3 is 2.77 bits per heavy atom. The summed E-state index contributed by atoms with van der Waals surface area (Å²) in [6.45, 7) is 1.63. The molecule has 120 valence electrons. The molecule has 0 spiro atoms. The molecule has 0 saturated carbocycles. The number of hydrogen-bond donors (Lipinski definition) is 0. The van der Waals surface area contributed by atoms with Crippen molar-refractivity contribution in [1.29, 1.82) is 0 Å². The van der Waals surface area contributed by atoms with Gasteiger partial charge in [-0.15, -0.1) is 0 Å². The summed E-state index contributed by atoms with van der Waals surface area (Å²) in [4.78, 5) is 0. The molecular formula is C17H20F2O3. The van der Waals surface area contributed by atoms with Gasteiger partial charge in [-0.3, -0.25) is 0 Å². The van der Waals surface area contributed by atoms with Gasteiger partial charge in [0.15, 0.2) is 17.9 Å². The molecule has 3 nitrogen and oxygen atoms in total. The smallest absolute Gasteiger partial charge is 0.200 e. The molecule has 1 unspecified atom stereocenters. The molecule has 0 radical (unpaired) electrons. The normalized spacial score (nSPS) is 23.2. The summed E-state index contributed by atoms with van der Waals surface area (Å²) in [5.74, 6) is -1.46. The molecule has 1 atom stereocenters. The minimum atomic E-state index is -0.928. The van der Waals surface area contributed by atoms with Crippen molar-refractivity contribution >= 4 is 0 Å². The highest BCUT2D eigenvalue weighted by atomic mass is 19.2. The molecule has 1 fully saturated rings. The van der Waals surface area contributed by atoms with Crippen LogP contribution in [-0.2, 0) is 9.47 Å². The lowest BCUT2D eigenvalue weighted by Gasteiger charge is -2.20. The van der Waals surface area contributed by atoms with Crippen LogP contribution in [0.1, 0.15) is 25.7 Å². The lowest BCUT2D eigenvalue weighted by atomic mass is 9.98. The Morgan fingerprint density at radius 1 is 1.14 bits per heavy atom. The van der Waals surface area contributed by atoms with Gasteiger partial charge in [0.1, 0.15) is 6.61 Å². The molecule has 1 aliphatic heterocycles. The zero-order valence-electron chi connectivity index (χ0n) is 12.4. The fourth-order valence-electron chi connectivity index (χ4n) is 2.94. The maximum absolute atomic E-state index is 13.6. The number of benzene rings is 1. The van der Waals surface area contributed by atoms with Crippen LogP contribution in [0.25, 0.3) is 0 Å². The third-order valence-electron chi connectivity index (χ3n) is 4.17. The van der Waals surface area contributed by atoms with Gasteiger partial charge in [0.25, 0.3) is 0 Å². The quantitative estimate of drug-likeness (QED) is 0.791. The van der Waals surface area contributed by atoms with Crippen LogP contribution in [0.4, 0.5) is 8.78 Å². The van der Waals surface area contributed by atoms with Gasteiger partial charge in [0.2, 0.25) is 5.82 Å². The van der Waals surface area contributed by atoms with E-state index >= 15 is 0 Å². The maximum atomic E-state index is 13.6. The van der Waals surface area contributed by atoms with Crippen molar-refractivity contribution in [2.45, 2.75) is 32.0 Å². The lowest BCUT2D eigenvalue weighted by Crippen LogP contribution is -2.21. The minimum Gasteiger partial charge on any atom is -0.486 e. The fraction of sp³-hybridized carbons (Fsp3) is 0.529. The third-order valence-corrected chi connectivity index (χ3v) is 4.17. The zero-order valence-corrected chi connectivity index (χ0v) is 12.4. The Kier molecular flexibility index (Phi) is 5.05. The molecule has 1 saturated heterocycles. The van der Waals surface area contributed by atoms with Gasteiger partial charge in [-0.25, -0.2) is 4.39 Å². The van der Waals surface area contributed by atoms with Crippen LogP contribution < -0.4 is 4.74 Å². The molecule has 1 aromatic rings. The molecule has 0 amide bonds. The minimum absolute atomic E-state index is 0.0378. The Balaban J connectivity index is 1.53. The van der Waals surface area contributed by atoms with Crippen molar-refractivity contribution in [3.8, 4) is 5.75 Å². The van der Waals surface area contributed by atoms with Crippen molar-refractivity contribution in [1.82, 2.24) is 0 Å². The van der Waals surface area contributed by atoms with E-state index in [1.165, 1.54) is 12.1 Å². The van der Waals surface area contributed by atoms with E-state index < -0.39 is 11.6 Å². The molecule has 1 heterocycles. The van der Waals surface area contributed by atoms with Crippen molar-refractivity contribution in [3.05, 3.63) is 41.5 Å². The number of rotatable bonds is 4. The van der Waals surface area contributed by atoms with Gasteiger partial charge in [-0.1, -0.05) is 12.1 Å². The van der Waals surface area contributed by atoms with Crippen molar-refractivity contribution < 1.29 is 23.0 Å². The van der Waals surface area contributed by atoms with Gasteiger partial charge >= 0.3 is 0 Å². The monoisotopic (exact) mass is 310 g/mol. The molecule has 0 bridgehead atoms. The van der Waals surface area contributed by atoms with Gasteiger partial charge in [-0.05, 0) is 43.4 Å². The summed E-state index contributed by atoms with van der Waals surface area (Å²) in [6.07, 6.45) is 5.82. The maximum Gasteiger partial charge on any atom is 0.200 e. The van der Waals surface area contributed by atoms with E-state index in [9.17, 15) is 8.78 Å². The van der Waals surface area contributed by atoms with E-state index in [1.807, 2.05) is 0 Å². The van der Waals surface area contributed by atoms with Crippen LogP contribution in [0.3, 0.4) is 0 Å². The first kappa shape index (κ1) is 15.4. The van der Waals surface area contributed by atoms with E-state index in [2.05, 4.69) is 6.08 Å². The summed E-state index contributed by atoms with van der Waals surface area (Å²) in [6, 6.07) is 3.97. The van der Waals surface area contributed by atoms with Crippen LogP contribution in [0.15, 0.2) is 29.8 Å². The Hall–Kier alpha value is -1.46. The summed E-state index contributed by atoms with van der Waals surface area (Å²) in [5, 5.41) is 0. The molecule has 2 aliphatic rings. The highest BCUT2D eigenvalue weighted by Crippen LogP contribution is 2.30. The summed E-state index contributed by atoms with van der Waals surface area (Å²) < 4.78 is 43.3. The topological polar surface area (TPSA) is 27.7 Å². The van der Waals surface area contributed by atoms with Crippen LogP contribution in [0.2, 0.25) is 0 Å². The van der Waals surface area contributed by atoms with Crippen molar-refractivity contribution in [2.75, 3.05) is 19.8 Å². The second-order valence-corrected chi connectivity index (χ2v) is 5.69. The van der Waals surface area contributed by atoms with E-state index in [4.69, 9.17) is 14.2 Å². The highest BCUT2D eigenvalue weighted by molar-refractivity contribution is 5.25. The SMILES string of the molecule is Fc1cccc(OCC2=CCCC(C3OCCO3)CC2)c1F. The molecule has 3 rings (SSSR count). The van der Waals surface area contributed by atoms with E-state index in [0.29, 0.717) is 25.7 Å². The van der Waals surface area contributed by atoms with Gasteiger partial charge in [-0.2, -0.15) is 4.39 Å². The molecule has 1 aliphatic carbocycles. The molecule has 5 heteroatoms. The van der Waals surface area contributed by atoms with Gasteiger partial charge in [0.05, 0.1) is 13.2 Å². The molecule has 0 aromatic heterocycles. The first-order valence-corrected chi connectivity index (χ1v) is 7.72. The number of hydrogen-bond acceptors (Lipinski definition) is 3. The van der Waals surface area contributed by atoms with Gasteiger partial charge < -0.3 is 14.2 Å². The lowest BCUT2D eigenvalue weighted by molar-refractivity contribution is -0.0867. The predicted molar refractivity (Wildman–Crippen MR) is 77.6 cm³/mol. The van der Waals surface area contributed by atoms with Crippen LogP contribution in [-0.4, -0.2) is 26.1 Å². The average molecular weight is 310 g/mol. The van der Waals surface area contributed by atoms with E-state index in [0.717, 1.165) is 37.3 Å². The van der Waals surface area contributed by atoms with Crippen LogP contribution in [0, 0.1) is 17.6 Å². The highest BCUT2D eigenvalue weighted by Gasteiger charge is 2.27. The largest absolute Gasteiger partial charge is 0.486 e. The number of allylic oxidation sites excluding steroid dienone is 1. The molecule has 1 aromatic carbocycles. The second-order valence-electron chi connectivity index (χ2n) is 5.69.